The van der Waals surface area contributed by atoms with Crippen LogP contribution in [0.25, 0.3) is 0 Å². The summed E-state index contributed by atoms with van der Waals surface area (Å²) in [6, 6.07) is 12.2. The topological polar surface area (TPSA) is 29.5 Å². The van der Waals surface area contributed by atoms with E-state index < -0.39 is 12.5 Å². The Morgan fingerprint density at radius 1 is 1.10 bits per heavy atom. The number of benzene rings is 2. The molecule has 0 spiro atoms. The summed E-state index contributed by atoms with van der Waals surface area (Å²) < 4.78 is 40.3. The number of ether oxygens (including phenoxy) is 1. The van der Waals surface area contributed by atoms with Crippen molar-refractivity contribution in [2.75, 3.05) is 0 Å². The van der Waals surface area contributed by atoms with Crippen LogP contribution in [-0.4, -0.2) is 11.5 Å². The number of halogens is 4. The van der Waals surface area contributed by atoms with Crippen molar-refractivity contribution >= 4 is 11.6 Å². The lowest BCUT2D eigenvalue weighted by molar-refractivity contribution is -0.274. The Kier molecular flexibility index (Phi) is 4.75. The summed E-state index contributed by atoms with van der Waals surface area (Å²) >= 11 is 5.76. The maximum absolute atomic E-state index is 12.2. The summed E-state index contributed by atoms with van der Waals surface area (Å²) in [6.45, 7) is 0. The maximum Gasteiger partial charge on any atom is 0.573 e. The van der Waals surface area contributed by atoms with Crippen LogP contribution >= 0.6 is 11.6 Å². The monoisotopic (exact) mass is 316 g/mol. The van der Waals surface area contributed by atoms with Crippen LogP contribution in [0.4, 0.5) is 13.2 Å². The minimum atomic E-state index is -4.75. The summed E-state index contributed by atoms with van der Waals surface area (Å²) in [5, 5.41) is 10.7. The highest BCUT2D eigenvalue weighted by atomic mass is 35.5. The molecule has 0 amide bonds. The van der Waals surface area contributed by atoms with Crippen molar-refractivity contribution in [3.8, 4) is 5.75 Å². The van der Waals surface area contributed by atoms with Gasteiger partial charge in [-0.05, 0) is 35.4 Å². The van der Waals surface area contributed by atoms with E-state index in [2.05, 4.69) is 4.74 Å². The van der Waals surface area contributed by atoms with E-state index in [0.29, 0.717) is 10.6 Å². The third kappa shape index (κ3) is 4.95. The van der Waals surface area contributed by atoms with E-state index in [1.165, 1.54) is 18.2 Å². The minimum absolute atomic E-state index is 0.270. The van der Waals surface area contributed by atoms with Gasteiger partial charge in [0.1, 0.15) is 5.75 Å². The highest BCUT2D eigenvalue weighted by Gasteiger charge is 2.31. The standard InChI is InChI=1S/C15H12ClF3O2/c16-12-6-4-10(5-7-12)8-14(20)11-2-1-3-13(9-11)21-15(17,18)19/h1-7,9,14,20H,8H2. The van der Waals surface area contributed by atoms with Crippen LogP contribution in [0.1, 0.15) is 17.2 Å². The first kappa shape index (κ1) is 15.7. The van der Waals surface area contributed by atoms with E-state index in [-0.39, 0.29) is 12.2 Å². The Labute approximate surface area is 124 Å². The van der Waals surface area contributed by atoms with Gasteiger partial charge >= 0.3 is 6.36 Å². The number of hydrogen-bond donors (Lipinski definition) is 1. The van der Waals surface area contributed by atoms with Gasteiger partial charge in [0.15, 0.2) is 0 Å². The van der Waals surface area contributed by atoms with Gasteiger partial charge in [0.05, 0.1) is 6.10 Å². The first-order chi connectivity index (χ1) is 9.83. The van der Waals surface area contributed by atoms with E-state index in [0.717, 1.165) is 5.56 Å². The van der Waals surface area contributed by atoms with Crippen molar-refractivity contribution in [2.24, 2.45) is 0 Å². The molecule has 0 fully saturated rings. The fourth-order valence-corrected chi connectivity index (χ4v) is 2.01. The summed E-state index contributed by atoms with van der Waals surface area (Å²) in [4.78, 5) is 0. The van der Waals surface area contributed by atoms with Crippen LogP contribution in [0.3, 0.4) is 0 Å². The molecule has 0 saturated heterocycles. The molecule has 0 saturated carbocycles. The molecule has 2 rings (SSSR count). The molecule has 0 radical (unpaired) electrons. The van der Waals surface area contributed by atoms with Crippen molar-refractivity contribution < 1.29 is 23.0 Å². The van der Waals surface area contributed by atoms with Crippen molar-refractivity contribution in [3.63, 3.8) is 0 Å². The fourth-order valence-electron chi connectivity index (χ4n) is 1.88. The average molecular weight is 317 g/mol. The Morgan fingerprint density at radius 3 is 2.38 bits per heavy atom. The third-order valence-corrected chi connectivity index (χ3v) is 3.07. The summed E-state index contributed by atoms with van der Waals surface area (Å²) in [7, 11) is 0. The molecule has 112 valence electrons. The van der Waals surface area contributed by atoms with Crippen molar-refractivity contribution in [3.05, 3.63) is 64.7 Å². The predicted octanol–water partition coefficient (Wildman–Crippen LogP) is 4.51. The predicted molar refractivity (Wildman–Crippen MR) is 73.2 cm³/mol. The van der Waals surface area contributed by atoms with Crippen LogP contribution < -0.4 is 4.74 Å². The van der Waals surface area contributed by atoms with Gasteiger partial charge in [0, 0.05) is 11.4 Å². The van der Waals surface area contributed by atoms with Gasteiger partial charge in [-0.2, -0.15) is 0 Å². The van der Waals surface area contributed by atoms with Gasteiger partial charge in [-0.25, -0.2) is 0 Å². The molecule has 2 aromatic carbocycles. The largest absolute Gasteiger partial charge is 0.573 e. The Morgan fingerprint density at radius 2 is 1.76 bits per heavy atom. The number of rotatable bonds is 4. The van der Waals surface area contributed by atoms with E-state index in [9.17, 15) is 18.3 Å². The molecule has 0 aliphatic heterocycles. The van der Waals surface area contributed by atoms with Gasteiger partial charge in [-0.1, -0.05) is 35.9 Å². The molecule has 6 heteroatoms. The van der Waals surface area contributed by atoms with Gasteiger partial charge in [-0.15, -0.1) is 13.2 Å². The molecule has 21 heavy (non-hydrogen) atoms. The minimum Gasteiger partial charge on any atom is -0.406 e. The van der Waals surface area contributed by atoms with Crippen LogP contribution in [0.5, 0.6) is 5.75 Å². The zero-order valence-corrected chi connectivity index (χ0v) is 11.5. The molecule has 0 bridgehead atoms. The SMILES string of the molecule is OC(Cc1ccc(Cl)cc1)c1cccc(OC(F)(F)F)c1. The van der Waals surface area contributed by atoms with Gasteiger partial charge in [0.2, 0.25) is 0 Å². The van der Waals surface area contributed by atoms with Gasteiger partial charge in [-0.3, -0.25) is 0 Å². The summed E-state index contributed by atoms with van der Waals surface area (Å²) in [6.07, 6.45) is -5.41. The number of aliphatic hydroxyl groups excluding tert-OH is 1. The average Bonchev–Trinajstić information content (AvgIpc) is 2.40. The van der Waals surface area contributed by atoms with Crippen molar-refractivity contribution in [1.82, 2.24) is 0 Å². The van der Waals surface area contributed by atoms with Gasteiger partial charge < -0.3 is 9.84 Å². The van der Waals surface area contributed by atoms with E-state index >= 15 is 0 Å². The Hall–Kier alpha value is -1.72. The second-order valence-corrected chi connectivity index (χ2v) is 4.90. The van der Waals surface area contributed by atoms with E-state index in [1.807, 2.05) is 0 Å². The first-order valence-electron chi connectivity index (χ1n) is 6.12. The molecule has 1 atom stereocenters. The molecule has 1 unspecified atom stereocenters. The third-order valence-electron chi connectivity index (χ3n) is 2.82. The quantitative estimate of drug-likeness (QED) is 0.899. The molecule has 0 heterocycles. The lowest BCUT2D eigenvalue weighted by Crippen LogP contribution is -2.17. The van der Waals surface area contributed by atoms with Crippen LogP contribution in [0.2, 0.25) is 5.02 Å². The maximum atomic E-state index is 12.2. The number of hydrogen-bond acceptors (Lipinski definition) is 2. The highest BCUT2D eigenvalue weighted by molar-refractivity contribution is 6.30. The van der Waals surface area contributed by atoms with Crippen LogP contribution in [0.15, 0.2) is 48.5 Å². The lowest BCUT2D eigenvalue weighted by atomic mass is 10.0. The zero-order chi connectivity index (χ0) is 15.5. The Balaban J connectivity index is 2.10. The zero-order valence-electron chi connectivity index (χ0n) is 10.8. The van der Waals surface area contributed by atoms with Gasteiger partial charge in [0.25, 0.3) is 0 Å². The number of alkyl halides is 3. The number of aliphatic hydroxyl groups is 1. The van der Waals surface area contributed by atoms with Crippen LogP contribution in [-0.2, 0) is 6.42 Å². The summed E-state index contributed by atoms with van der Waals surface area (Å²) in [5.74, 6) is -0.352. The molecule has 2 aromatic rings. The first-order valence-corrected chi connectivity index (χ1v) is 6.49. The molecular weight excluding hydrogens is 305 g/mol. The van der Waals surface area contributed by atoms with Crippen LogP contribution in [0, 0.1) is 0 Å². The molecule has 0 aliphatic carbocycles. The normalized spacial score (nSPS) is 13.0. The highest BCUT2D eigenvalue weighted by Crippen LogP contribution is 2.27. The van der Waals surface area contributed by atoms with E-state index in [1.54, 1.807) is 30.3 Å². The smallest absolute Gasteiger partial charge is 0.406 e. The second-order valence-electron chi connectivity index (χ2n) is 4.47. The molecule has 0 aromatic heterocycles. The molecular formula is C15H12ClF3O2. The second kappa shape index (κ2) is 6.37. The van der Waals surface area contributed by atoms with Crippen molar-refractivity contribution in [2.45, 2.75) is 18.9 Å². The Bertz CT molecular complexity index is 597. The molecule has 0 aliphatic rings. The van der Waals surface area contributed by atoms with E-state index in [4.69, 9.17) is 11.6 Å². The van der Waals surface area contributed by atoms with Crippen molar-refractivity contribution in [1.29, 1.82) is 0 Å². The fraction of sp³-hybridized carbons (Fsp3) is 0.200. The summed E-state index contributed by atoms with van der Waals surface area (Å²) in [5.41, 5.74) is 1.18. The molecule has 1 N–H and O–H groups in total. The lowest BCUT2D eigenvalue weighted by Gasteiger charge is -2.14. The molecule has 2 nitrogen and oxygen atoms in total.